The quantitative estimate of drug-likeness (QED) is 0.751. The molecule has 0 fully saturated rings. The predicted molar refractivity (Wildman–Crippen MR) is 85.9 cm³/mol. The smallest absolute Gasteiger partial charge is 0.278 e. The van der Waals surface area contributed by atoms with E-state index in [0.29, 0.717) is 32.8 Å². The Labute approximate surface area is 133 Å². The molecule has 112 valence electrons. The number of aromatic nitrogens is 2. The van der Waals surface area contributed by atoms with Gasteiger partial charge in [-0.25, -0.2) is 9.97 Å². The van der Waals surface area contributed by atoms with Crippen LogP contribution in [0, 0.1) is 0 Å². The van der Waals surface area contributed by atoms with Crippen molar-refractivity contribution in [1.29, 1.82) is 0 Å². The molecule has 1 heterocycles. The highest BCUT2D eigenvalue weighted by Crippen LogP contribution is 2.39. The molecule has 0 aliphatic heterocycles. The highest BCUT2D eigenvalue weighted by Gasteiger charge is 2.20. The lowest BCUT2D eigenvalue weighted by Crippen LogP contribution is -2.02. The molecule has 4 nitrogen and oxygen atoms in total. The standard InChI is InChI=1S/C15H16Cl2N2O2/c1-5-6-8(2)11-12(17)9(16)7-10-13(11)19-15(21-4)14(18-10)20-3/h5,7-8H,1,6H2,2-4H3. The monoisotopic (exact) mass is 326 g/mol. The Morgan fingerprint density at radius 3 is 2.43 bits per heavy atom. The fourth-order valence-corrected chi connectivity index (χ4v) is 2.75. The molecule has 1 unspecified atom stereocenters. The normalized spacial score (nSPS) is 12.2. The summed E-state index contributed by atoms with van der Waals surface area (Å²) in [6.07, 6.45) is 2.59. The lowest BCUT2D eigenvalue weighted by Gasteiger charge is -2.16. The molecule has 6 heteroatoms. The largest absolute Gasteiger partial charge is 0.477 e. The molecular weight excluding hydrogens is 311 g/mol. The molecule has 0 saturated heterocycles. The summed E-state index contributed by atoms with van der Waals surface area (Å²) in [5, 5.41) is 0.927. The Hall–Kier alpha value is -1.52. The van der Waals surface area contributed by atoms with E-state index in [4.69, 9.17) is 32.7 Å². The number of halogens is 2. The lowest BCUT2D eigenvalue weighted by molar-refractivity contribution is 0.334. The van der Waals surface area contributed by atoms with Crippen LogP contribution in [0.15, 0.2) is 18.7 Å². The summed E-state index contributed by atoms with van der Waals surface area (Å²) in [5.74, 6) is 0.741. The molecule has 1 atom stereocenters. The minimum atomic E-state index is 0.114. The number of hydrogen-bond donors (Lipinski definition) is 0. The zero-order chi connectivity index (χ0) is 15.6. The maximum Gasteiger partial charge on any atom is 0.278 e. The van der Waals surface area contributed by atoms with E-state index in [-0.39, 0.29) is 5.92 Å². The average Bonchev–Trinajstić information content (AvgIpc) is 2.47. The Kier molecular flexibility index (Phi) is 4.91. The van der Waals surface area contributed by atoms with Crippen LogP contribution in [0.1, 0.15) is 24.8 Å². The second-order valence-corrected chi connectivity index (χ2v) is 5.41. The van der Waals surface area contributed by atoms with Crippen molar-refractivity contribution in [1.82, 2.24) is 9.97 Å². The van der Waals surface area contributed by atoms with Gasteiger partial charge >= 0.3 is 0 Å². The second kappa shape index (κ2) is 6.50. The van der Waals surface area contributed by atoms with Crippen LogP contribution in [-0.4, -0.2) is 24.2 Å². The summed E-state index contributed by atoms with van der Waals surface area (Å²) in [7, 11) is 3.03. The Morgan fingerprint density at radius 2 is 1.86 bits per heavy atom. The fraction of sp³-hybridized carbons (Fsp3) is 0.333. The maximum atomic E-state index is 6.37. The van der Waals surface area contributed by atoms with Crippen molar-refractivity contribution in [3.8, 4) is 11.8 Å². The summed E-state index contributed by atoms with van der Waals surface area (Å²) >= 11 is 12.6. The number of rotatable bonds is 5. The van der Waals surface area contributed by atoms with E-state index in [0.717, 1.165) is 12.0 Å². The zero-order valence-corrected chi connectivity index (χ0v) is 13.6. The van der Waals surface area contributed by atoms with Gasteiger partial charge in [0.1, 0.15) is 0 Å². The van der Waals surface area contributed by atoms with Crippen LogP contribution in [0.5, 0.6) is 11.8 Å². The molecule has 1 aromatic heterocycles. The van der Waals surface area contributed by atoms with E-state index in [1.807, 2.05) is 13.0 Å². The van der Waals surface area contributed by atoms with Crippen molar-refractivity contribution in [2.24, 2.45) is 0 Å². The van der Waals surface area contributed by atoms with Crippen LogP contribution in [-0.2, 0) is 0 Å². The molecule has 2 rings (SSSR count). The van der Waals surface area contributed by atoms with Crippen LogP contribution in [0.2, 0.25) is 10.0 Å². The van der Waals surface area contributed by atoms with Gasteiger partial charge in [0.05, 0.1) is 35.3 Å². The Morgan fingerprint density at radius 1 is 1.24 bits per heavy atom. The van der Waals surface area contributed by atoms with Gasteiger partial charge in [-0.2, -0.15) is 0 Å². The predicted octanol–water partition coefficient (Wildman–Crippen LogP) is 4.63. The molecule has 0 saturated carbocycles. The van der Waals surface area contributed by atoms with E-state index in [2.05, 4.69) is 16.5 Å². The highest BCUT2D eigenvalue weighted by molar-refractivity contribution is 6.43. The molecule has 0 radical (unpaired) electrons. The molecule has 2 aromatic rings. The molecule has 0 N–H and O–H groups in total. The first-order valence-corrected chi connectivity index (χ1v) is 7.17. The first kappa shape index (κ1) is 15.9. The first-order valence-electron chi connectivity index (χ1n) is 6.42. The van der Waals surface area contributed by atoms with Gasteiger partial charge in [-0.15, -0.1) is 6.58 Å². The number of allylic oxidation sites excluding steroid dienone is 1. The number of nitrogens with zero attached hydrogens (tertiary/aromatic N) is 2. The topological polar surface area (TPSA) is 44.2 Å². The number of benzene rings is 1. The summed E-state index contributed by atoms with van der Waals surface area (Å²) < 4.78 is 10.4. The molecule has 1 aromatic carbocycles. The highest BCUT2D eigenvalue weighted by atomic mass is 35.5. The molecule has 0 bridgehead atoms. The van der Waals surface area contributed by atoms with Crippen molar-refractivity contribution in [3.63, 3.8) is 0 Å². The Bertz CT molecular complexity index is 689. The van der Waals surface area contributed by atoms with E-state index < -0.39 is 0 Å². The summed E-state index contributed by atoms with van der Waals surface area (Å²) in [5.41, 5.74) is 2.12. The van der Waals surface area contributed by atoms with Crippen molar-refractivity contribution in [3.05, 3.63) is 34.3 Å². The van der Waals surface area contributed by atoms with E-state index in [1.54, 1.807) is 6.07 Å². The van der Waals surface area contributed by atoms with Crippen LogP contribution in [0.3, 0.4) is 0 Å². The number of hydrogen-bond acceptors (Lipinski definition) is 4. The van der Waals surface area contributed by atoms with Gasteiger partial charge in [-0.05, 0) is 18.4 Å². The molecule has 0 aliphatic carbocycles. The van der Waals surface area contributed by atoms with Crippen molar-refractivity contribution >= 4 is 34.2 Å². The molecule has 0 spiro atoms. The summed E-state index contributed by atoms with van der Waals surface area (Å²) in [4.78, 5) is 8.87. The Balaban J connectivity index is 2.80. The van der Waals surface area contributed by atoms with Crippen LogP contribution in [0.25, 0.3) is 11.0 Å². The summed E-state index contributed by atoms with van der Waals surface area (Å²) in [6, 6.07) is 1.68. The minimum Gasteiger partial charge on any atom is -0.477 e. The molecule has 0 aliphatic rings. The average molecular weight is 327 g/mol. The lowest BCUT2D eigenvalue weighted by atomic mass is 9.96. The minimum absolute atomic E-state index is 0.114. The first-order chi connectivity index (χ1) is 10.0. The van der Waals surface area contributed by atoms with Gasteiger partial charge in [0.15, 0.2) is 0 Å². The van der Waals surface area contributed by atoms with E-state index in [9.17, 15) is 0 Å². The van der Waals surface area contributed by atoms with Gasteiger partial charge in [-0.1, -0.05) is 36.2 Å². The second-order valence-electron chi connectivity index (χ2n) is 4.62. The molecular formula is C15H16Cl2N2O2. The zero-order valence-electron chi connectivity index (χ0n) is 12.1. The van der Waals surface area contributed by atoms with E-state index in [1.165, 1.54) is 14.2 Å². The molecule has 21 heavy (non-hydrogen) atoms. The van der Waals surface area contributed by atoms with Crippen LogP contribution < -0.4 is 9.47 Å². The van der Waals surface area contributed by atoms with Gasteiger partial charge in [0.25, 0.3) is 11.8 Å². The number of ether oxygens (including phenoxy) is 2. The molecule has 0 amide bonds. The van der Waals surface area contributed by atoms with Crippen molar-refractivity contribution in [2.45, 2.75) is 19.3 Å². The van der Waals surface area contributed by atoms with Gasteiger partial charge in [-0.3, -0.25) is 0 Å². The third kappa shape index (κ3) is 2.92. The van der Waals surface area contributed by atoms with E-state index >= 15 is 0 Å². The maximum absolute atomic E-state index is 6.37. The van der Waals surface area contributed by atoms with Crippen molar-refractivity contribution < 1.29 is 9.47 Å². The SMILES string of the molecule is C=CCC(C)c1c(Cl)c(Cl)cc2nc(OC)c(OC)nc12. The third-order valence-corrected chi connectivity index (χ3v) is 4.03. The summed E-state index contributed by atoms with van der Waals surface area (Å²) in [6.45, 7) is 5.80. The fourth-order valence-electron chi connectivity index (χ4n) is 2.22. The van der Waals surface area contributed by atoms with Crippen LogP contribution >= 0.6 is 23.2 Å². The van der Waals surface area contributed by atoms with Crippen LogP contribution in [0.4, 0.5) is 0 Å². The van der Waals surface area contributed by atoms with Crippen molar-refractivity contribution in [2.75, 3.05) is 14.2 Å². The number of methoxy groups -OCH3 is 2. The van der Waals surface area contributed by atoms with Gasteiger partial charge in [0, 0.05) is 5.56 Å². The third-order valence-electron chi connectivity index (χ3n) is 3.23. The number of fused-ring (bicyclic) bond motifs is 1. The van der Waals surface area contributed by atoms with Gasteiger partial charge < -0.3 is 9.47 Å². The van der Waals surface area contributed by atoms with Gasteiger partial charge in [0.2, 0.25) is 0 Å².